The fourth-order valence-electron chi connectivity index (χ4n) is 13.3. The first-order valence-electron chi connectivity index (χ1n) is 38.5. The largest absolute Gasteiger partial charge is 0.497 e. The van der Waals surface area contributed by atoms with Crippen LogP contribution in [0.2, 0.25) is 0 Å². The third kappa shape index (κ3) is 31.0. The molecule has 1 unspecified atom stereocenters. The summed E-state index contributed by atoms with van der Waals surface area (Å²) in [6, 6.07) is 64.9. The number of nitrogens with one attached hydrogen (secondary N) is 2. The summed E-state index contributed by atoms with van der Waals surface area (Å²) in [5, 5.41) is 47.9. The van der Waals surface area contributed by atoms with Gasteiger partial charge in [-0.1, -0.05) is 121 Å². The standard InChI is InChI=1S/2C22H30N2O3.2C22H29NO4/c2*1-26-21-7-4-5-18(15-21)9-10-19-6-2-3-8-22(19)27-17-20(25)16-24-13-11-23-12-14-24;2*1-25-21-7-4-5-18(15-21)9-10-19-6-2-3-8-22(19)27-17-20(24)16-23-11-13-26-14-12-23/h2*2-8,15,20,23,25H,9-14,16-17H2,1H3;2*2-8,15,20,24H,9-14,16-17H2,1H3/t20-;;2*20-/m0.10/s1. The van der Waals surface area contributed by atoms with Gasteiger partial charge in [-0.05, 0) is 169 Å². The van der Waals surface area contributed by atoms with E-state index in [1.807, 2.05) is 121 Å². The Balaban J connectivity index is 0.000000166. The zero-order chi connectivity index (χ0) is 75.6. The van der Waals surface area contributed by atoms with E-state index in [9.17, 15) is 20.4 Å². The van der Waals surface area contributed by atoms with E-state index >= 15 is 0 Å². The van der Waals surface area contributed by atoms with Gasteiger partial charge in [-0.15, -0.1) is 0 Å². The predicted octanol–water partition coefficient (Wildman–Crippen LogP) is 9.36. The van der Waals surface area contributed by atoms with Gasteiger partial charge in [0.15, 0.2) is 0 Å². The molecule has 584 valence electrons. The molecule has 20 heteroatoms. The number of aryl methyl sites for hydroxylation is 8. The fraction of sp³-hybridized carbons (Fsp3) is 0.455. The van der Waals surface area contributed by atoms with E-state index < -0.39 is 24.4 Å². The van der Waals surface area contributed by atoms with Crippen molar-refractivity contribution < 1.29 is 67.8 Å². The van der Waals surface area contributed by atoms with Crippen LogP contribution in [0.25, 0.3) is 0 Å². The van der Waals surface area contributed by atoms with Gasteiger partial charge in [-0.2, -0.15) is 0 Å². The Morgan fingerprint density at radius 3 is 0.769 bits per heavy atom. The molecule has 20 nitrogen and oxygen atoms in total. The maximum absolute atomic E-state index is 10.3. The lowest BCUT2D eigenvalue weighted by atomic mass is 10.0. The van der Waals surface area contributed by atoms with Crippen LogP contribution in [0, 0.1) is 0 Å². The Morgan fingerprint density at radius 2 is 0.528 bits per heavy atom. The Hall–Kier alpha value is -8.32. The molecular weight excluding hydrogens is 1360 g/mol. The summed E-state index contributed by atoms with van der Waals surface area (Å²) in [6.45, 7) is 18.1. The number of para-hydroxylation sites is 4. The second-order valence-corrected chi connectivity index (χ2v) is 27.6. The summed E-state index contributed by atoms with van der Waals surface area (Å²) in [7, 11) is 6.75. The van der Waals surface area contributed by atoms with E-state index in [0.29, 0.717) is 52.6 Å². The van der Waals surface area contributed by atoms with E-state index in [2.05, 4.69) is 103 Å². The molecule has 8 aromatic carbocycles. The van der Waals surface area contributed by atoms with Gasteiger partial charge in [0.1, 0.15) is 96.8 Å². The van der Waals surface area contributed by atoms with Crippen molar-refractivity contribution in [1.82, 2.24) is 30.2 Å². The highest BCUT2D eigenvalue weighted by Gasteiger charge is 2.21. The van der Waals surface area contributed by atoms with Crippen molar-refractivity contribution in [2.45, 2.75) is 75.8 Å². The van der Waals surface area contributed by atoms with E-state index in [1.165, 1.54) is 22.3 Å². The molecule has 0 spiro atoms. The first kappa shape index (κ1) is 83.7. The zero-order valence-electron chi connectivity index (χ0n) is 64.1. The molecule has 0 bridgehead atoms. The Bertz CT molecular complexity index is 3290. The fourth-order valence-corrected chi connectivity index (χ4v) is 13.3. The normalized spacial score (nSPS) is 16.1. The maximum atomic E-state index is 10.3. The van der Waals surface area contributed by atoms with Gasteiger partial charge in [0, 0.05) is 105 Å². The van der Waals surface area contributed by atoms with Crippen LogP contribution in [-0.2, 0) is 60.8 Å². The van der Waals surface area contributed by atoms with Gasteiger partial charge in [0.2, 0.25) is 0 Å². The lowest BCUT2D eigenvalue weighted by molar-refractivity contribution is 0.00444. The molecule has 4 fully saturated rings. The van der Waals surface area contributed by atoms with E-state index in [1.54, 1.807) is 28.4 Å². The van der Waals surface area contributed by atoms with Crippen LogP contribution in [0.3, 0.4) is 0 Å². The van der Waals surface area contributed by atoms with Gasteiger partial charge < -0.3 is 78.4 Å². The molecule has 108 heavy (non-hydrogen) atoms. The first-order valence-corrected chi connectivity index (χ1v) is 38.5. The van der Waals surface area contributed by atoms with Crippen molar-refractivity contribution >= 4 is 0 Å². The minimum atomic E-state index is -0.505. The number of aliphatic hydroxyl groups is 4. The number of hydrogen-bond acceptors (Lipinski definition) is 20. The number of nitrogens with zero attached hydrogens (tertiary/aromatic N) is 4. The molecular formula is C88H118N6O14. The van der Waals surface area contributed by atoms with E-state index in [-0.39, 0.29) is 0 Å². The number of rotatable bonds is 36. The number of β-amino-alcohol motifs (C(OH)–C–C–N with tert-alkyl or cyclic N) is 4. The predicted molar refractivity (Wildman–Crippen MR) is 427 cm³/mol. The maximum Gasteiger partial charge on any atom is 0.122 e. The molecule has 4 aliphatic heterocycles. The number of benzene rings is 8. The molecule has 4 aliphatic rings. The van der Waals surface area contributed by atoms with Crippen LogP contribution in [0.15, 0.2) is 194 Å². The average molecular weight is 1480 g/mol. The second-order valence-electron chi connectivity index (χ2n) is 27.6. The summed E-state index contributed by atoms with van der Waals surface area (Å²) >= 11 is 0. The van der Waals surface area contributed by atoms with Gasteiger partial charge in [-0.3, -0.25) is 19.6 Å². The number of ether oxygens (including phenoxy) is 10. The van der Waals surface area contributed by atoms with Crippen molar-refractivity contribution in [3.63, 3.8) is 0 Å². The highest BCUT2D eigenvalue weighted by Crippen LogP contribution is 2.27. The zero-order valence-corrected chi connectivity index (χ0v) is 64.1. The van der Waals surface area contributed by atoms with Gasteiger partial charge in [0.25, 0.3) is 0 Å². The van der Waals surface area contributed by atoms with Crippen LogP contribution in [-0.4, -0.2) is 250 Å². The average Bonchev–Trinajstić information content (AvgIpc) is 0.882. The third-order valence-electron chi connectivity index (χ3n) is 19.4. The van der Waals surface area contributed by atoms with Crippen LogP contribution >= 0.6 is 0 Å². The number of piperazine rings is 2. The van der Waals surface area contributed by atoms with Crippen molar-refractivity contribution in [3.8, 4) is 46.0 Å². The third-order valence-corrected chi connectivity index (χ3v) is 19.4. The quantitative estimate of drug-likeness (QED) is 0.0216. The van der Waals surface area contributed by atoms with Gasteiger partial charge >= 0.3 is 0 Å². The molecule has 0 aromatic heterocycles. The molecule has 0 saturated carbocycles. The topological polar surface area (TPSA) is 210 Å². The minimum absolute atomic E-state index is 0.299. The lowest BCUT2D eigenvalue weighted by Crippen LogP contribution is -2.47. The van der Waals surface area contributed by atoms with Gasteiger partial charge in [0.05, 0.1) is 54.9 Å². The van der Waals surface area contributed by atoms with Crippen LogP contribution in [0.1, 0.15) is 44.5 Å². The van der Waals surface area contributed by atoms with Crippen LogP contribution < -0.4 is 48.5 Å². The molecule has 12 rings (SSSR count). The minimum Gasteiger partial charge on any atom is -0.497 e. The highest BCUT2D eigenvalue weighted by molar-refractivity contribution is 5.40. The molecule has 8 aromatic rings. The first-order chi connectivity index (χ1) is 53.0. The molecule has 0 radical (unpaired) electrons. The number of aliphatic hydroxyl groups excluding tert-OH is 4. The van der Waals surface area contributed by atoms with Crippen molar-refractivity contribution in [2.24, 2.45) is 0 Å². The second kappa shape index (κ2) is 48.3. The van der Waals surface area contributed by atoms with E-state index in [0.717, 1.165) is 225 Å². The molecule has 4 heterocycles. The Kier molecular flexibility index (Phi) is 37.4. The van der Waals surface area contributed by atoms with Crippen LogP contribution in [0.5, 0.6) is 46.0 Å². The number of hydrogen-bond donors (Lipinski definition) is 6. The lowest BCUT2D eigenvalue weighted by Gasteiger charge is -2.29. The Labute approximate surface area is 641 Å². The number of methoxy groups -OCH3 is 4. The monoisotopic (exact) mass is 1480 g/mol. The molecule has 0 aliphatic carbocycles. The molecule has 4 atom stereocenters. The van der Waals surface area contributed by atoms with Crippen molar-refractivity contribution in [1.29, 1.82) is 0 Å². The summed E-state index contributed by atoms with van der Waals surface area (Å²) in [5.74, 6) is 6.94. The molecule has 6 N–H and O–H groups in total. The summed E-state index contributed by atoms with van der Waals surface area (Å²) in [4.78, 5) is 8.98. The molecule has 4 saturated heterocycles. The summed E-state index contributed by atoms with van der Waals surface area (Å²) < 4.78 is 55.7. The molecule has 0 amide bonds. The SMILES string of the molecule is COc1cccc(CCc2ccccc2OCC(O)CN2CCNCC2)c1.COc1cccc(CCc2ccccc2OC[C@@H](O)CN2CCNCC2)c1.COc1cccc(CCc2ccccc2OC[C@@H](O)CN2CCOCC2)c1.COc1cccc(CCc2ccccc2OC[C@H](O)CN2CCOCC2)c1. The smallest absolute Gasteiger partial charge is 0.122 e. The Morgan fingerprint density at radius 1 is 0.296 bits per heavy atom. The number of morpholine rings is 2. The van der Waals surface area contributed by atoms with Crippen molar-refractivity contribution in [2.75, 3.05) is 186 Å². The van der Waals surface area contributed by atoms with Crippen molar-refractivity contribution in [3.05, 3.63) is 239 Å². The van der Waals surface area contributed by atoms with Gasteiger partial charge in [-0.25, -0.2) is 0 Å². The van der Waals surface area contributed by atoms with E-state index in [4.69, 9.17) is 47.4 Å². The summed E-state index contributed by atoms with van der Waals surface area (Å²) in [6.07, 6.45) is 5.22. The van der Waals surface area contributed by atoms with Crippen LogP contribution in [0.4, 0.5) is 0 Å². The summed E-state index contributed by atoms with van der Waals surface area (Å²) in [5.41, 5.74) is 9.57. The highest BCUT2D eigenvalue weighted by atomic mass is 16.5.